The van der Waals surface area contributed by atoms with E-state index in [-0.39, 0.29) is 16.0 Å². The molecule has 0 atom stereocenters. The van der Waals surface area contributed by atoms with E-state index in [1.54, 1.807) is 13.8 Å². The molecule has 0 unspecified atom stereocenters. The Hall–Kier alpha value is -1.04. The smallest absolute Gasteiger partial charge is 0.276 e. The van der Waals surface area contributed by atoms with E-state index in [9.17, 15) is 9.18 Å². The average molecular weight is 217 g/mol. The Kier molecular flexibility index (Phi) is 2.84. The molecule has 1 N–H and O–H groups in total. The first kappa shape index (κ1) is 11.0. The maximum absolute atomic E-state index is 12.6. The van der Waals surface area contributed by atoms with Crippen molar-refractivity contribution >= 4 is 12.2 Å². The first-order valence-electron chi connectivity index (χ1n) is 4.12. The molecule has 0 aliphatic rings. The fourth-order valence-electron chi connectivity index (χ4n) is 0.982. The van der Waals surface area contributed by atoms with Crippen LogP contribution in [-0.2, 0) is 12.5 Å². The molecule has 0 aliphatic carbocycles. The second-order valence-corrected chi connectivity index (χ2v) is 4.15. The Morgan fingerprint density at radius 3 is 2.71 bits per heavy atom. The molecule has 78 valence electrons. The fourth-order valence-corrected chi connectivity index (χ4v) is 1.11. The van der Waals surface area contributed by atoms with Crippen LogP contribution in [0.25, 0.3) is 0 Å². The van der Waals surface area contributed by atoms with E-state index in [1.165, 1.54) is 11.6 Å². The van der Waals surface area contributed by atoms with Crippen molar-refractivity contribution in [3.8, 4) is 0 Å². The van der Waals surface area contributed by atoms with Gasteiger partial charge in [0.05, 0.1) is 0 Å². The van der Waals surface area contributed by atoms with Gasteiger partial charge in [0.15, 0.2) is 4.77 Å². The number of halogens is 1. The van der Waals surface area contributed by atoms with Gasteiger partial charge in [0.1, 0.15) is 12.4 Å². The van der Waals surface area contributed by atoms with Gasteiger partial charge in [0.2, 0.25) is 0 Å². The third-order valence-electron chi connectivity index (χ3n) is 2.05. The van der Waals surface area contributed by atoms with Crippen molar-refractivity contribution in [2.75, 3.05) is 6.67 Å². The molecule has 4 nitrogen and oxygen atoms in total. The second-order valence-electron chi connectivity index (χ2n) is 3.76. The molecule has 0 aliphatic heterocycles. The van der Waals surface area contributed by atoms with Gasteiger partial charge in [0, 0.05) is 12.5 Å². The van der Waals surface area contributed by atoms with Gasteiger partial charge in [-0.2, -0.15) is 5.10 Å². The van der Waals surface area contributed by atoms with E-state index >= 15 is 0 Å². The van der Waals surface area contributed by atoms with Crippen LogP contribution in [0.5, 0.6) is 0 Å². The highest BCUT2D eigenvalue weighted by Crippen LogP contribution is 2.17. The van der Waals surface area contributed by atoms with E-state index in [1.807, 2.05) is 0 Å². The zero-order valence-electron chi connectivity index (χ0n) is 8.30. The lowest BCUT2D eigenvalue weighted by Crippen LogP contribution is -2.35. The van der Waals surface area contributed by atoms with Gasteiger partial charge in [-0.3, -0.25) is 18.9 Å². The van der Waals surface area contributed by atoms with E-state index in [4.69, 9.17) is 12.2 Å². The number of nitrogens with zero attached hydrogens (tertiary/aromatic N) is 2. The van der Waals surface area contributed by atoms with E-state index in [2.05, 4.69) is 10.2 Å². The van der Waals surface area contributed by atoms with E-state index in [0.717, 1.165) is 0 Å². The highest BCUT2D eigenvalue weighted by Gasteiger charge is 2.26. The zero-order valence-corrected chi connectivity index (χ0v) is 9.11. The van der Waals surface area contributed by atoms with Crippen molar-refractivity contribution in [3.63, 3.8) is 0 Å². The highest BCUT2D eigenvalue weighted by atomic mass is 32.1. The van der Waals surface area contributed by atoms with Gasteiger partial charge in [-0.1, -0.05) is 13.8 Å². The number of H-pyrrole nitrogens is 1. The highest BCUT2D eigenvalue weighted by molar-refractivity contribution is 7.71. The zero-order chi connectivity index (χ0) is 10.9. The summed E-state index contributed by atoms with van der Waals surface area (Å²) in [5.41, 5.74) is -1.07. The summed E-state index contributed by atoms with van der Waals surface area (Å²) >= 11 is 4.81. The molecule has 0 aromatic carbocycles. The number of aromatic nitrogens is 3. The summed E-state index contributed by atoms with van der Waals surface area (Å²) in [5.74, 6) is 0. The standard InChI is InChI=1S/C8H12FN3OS/c1-8(2,4-9)5-6(13)12(3)7(14)11-10-5/h4H2,1-3H3,(H,11,14). The van der Waals surface area contributed by atoms with Crippen LogP contribution in [-0.4, -0.2) is 21.4 Å². The second kappa shape index (κ2) is 3.61. The van der Waals surface area contributed by atoms with Gasteiger partial charge in [-0.05, 0) is 12.2 Å². The van der Waals surface area contributed by atoms with Crippen molar-refractivity contribution in [3.05, 3.63) is 20.8 Å². The summed E-state index contributed by atoms with van der Waals surface area (Å²) in [6.07, 6.45) is 0. The van der Waals surface area contributed by atoms with Crippen molar-refractivity contribution in [1.29, 1.82) is 0 Å². The number of nitrogens with one attached hydrogen (secondary N) is 1. The molecule has 1 aromatic heterocycles. The summed E-state index contributed by atoms with van der Waals surface area (Å²) < 4.78 is 14.1. The first-order valence-corrected chi connectivity index (χ1v) is 4.53. The molecule has 0 saturated heterocycles. The lowest BCUT2D eigenvalue weighted by Gasteiger charge is -2.18. The fraction of sp³-hybridized carbons (Fsp3) is 0.625. The number of hydrogen-bond acceptors (Lipinski definition) is 3. The number of alkyl halides is 1. The molecule has 1 rings (SSSR count). The first-order chi connectivity index (χ1) is 6.40. The van der Waals surface area contributed by atoms with Gasteiger partial charge >= 0.3 is 0 Å². The Labute approximate surface area is 85.8 Å². The summed E-state index contributed by atoms with van der Waals surface area (Å²) in [6.45, 7) is 2.60. The molecule has 0 fully saturated rings. The van der Waals surface area contributed by atoms with Crippen LogP contribution in [0.2, 0.25) is 0 Å². The molecule has 6 heteroatoms. The Morgan fingerprint density at radius 2 is 2.21 bits per heavy atom. The van der Waals surface area contributed by atoms with Crippen molar-refractivity contribution < 1.29 is 4.39 Å². The topological polar surface area (TPSA) is 50.7 Å². The quantitative estimate of drug-likeness (QED) is 0.754. The van der Waals surface area contributed by atoms with E-state index < -0.39 is 12.1 Å². The van der Waals surface area contributed by atoms with Crippen LogP contribution in [0.4, 0.5) is 4.39 Å². The van der Waals surface area contributed by atoms with Crippen LogP contribution in [0.1, 0.15) is 19.5 Å². The molecule has 14 heavy (non-hydrogen) atoms. The Morgan fingerprint density at radius 1 is 1.64 bits per heavy atom. The molecule has 0 spiro atoms. The lowest BCUT2D eigenvalue weighted by atomic mass is 9.91. The Bertz CT molecular complexity index is 449. The molecular weight excluding hydrogens is 205 g/mol. The summed E-state index contributed by atoms with van der Waals surface area (Å²) in [6, 6.07) is 0. The van der Waals surface area contributed by atoms with Crippen LogP contribution in [0, 0.1) is 4.77 Å². The van der Waals surface area contributed by atoms with Crippen LogP contribution in [0.15, 0.2) is 4.79 Å². The molecule has 1 heterocycles. The minimum atomic E-state index is -0.881. The lowest BCUT2D eigenvalue weighted by molar-refractivity contribution is 0.336. The van der Waals surface area contributed by atoms with Crippen molar-refractivity contribution in [2.45, 2.75) is 19.3 Å². The monoisotopic (exact) mass is 217 g/mol. The predicted molar refractivity (Wildman–Crippen MR) is 53.7 cm³/mol. The Balaban J connectivity index is 3.47. The van der Waals surface area contributed by atoms with E-state index in [0.29, 0.717) is 0 Å². The van der Waals surface area contributed by atoms with Crippen molar-refractivity contribution in [2.24, 2.45) is 7.05 Å². The third-order valence-corrected chi connectivity index (χ3v) is 2.42. The largest absolute Gasteiger partial charge is 0.286 e. The minimum Gasteiger partial charge on any atom is -0.286 e. The molecular formula is C8H12FN3OS. The normalized spacial score (nSPS) is 11.7. The molecule has 0 amide bonds. The van der Waals surface area contributed by atoms with Gasteiger partial charge < -0.3 is 0 Å². The van der Waals surface area contributed by atoms with Crippen LogP contribution in [0.3, 0.4) is 0 Å². The van der Waals surface area contributed by atoms with Crippen molar-refractivity contribution in [1.82, 2.24) is 14.8 Å². The summed E-state index contributed by atoms with van der Waals surface area (Å²) in [7, 11) is 1.53. The van der Waals surface area contributed by atoms with Gasteiger partial charge in [-0.25, -0.2) is 0 Å². The molecule has 1 aromatic rings. The van der Waals surface area contributed by atoms with Crippen LogP contribution >= 0.6 is 12.2 Å². The van der Waals surface area contributed by atoms with Gasteiger partial charge in [-0.15, -0.1) is 0 Å². The summed E-state index contributed by atoms with van der Waals surface area (Å²) in [5, 5.41) is 6.29. The number of hydrogen-bond donors (Lipinski definition) is 1. The molecule has 0 radical (unpaired) electrons. The third kappa shape index (κ3) is 1.75. The molecule has 0 saturated carbocycles. The maximum Gasteiger partial charge on any atom is 0.276 e. The predicted octanol–water partition coefficient (Wildman–Crippen LogP) is 1.08. The maximum atomic E-state index is 12.6. The van der Waals surface area contributed by atoms with Gasteiger partial charge in [0.25, 0.3) is 5.56 Å². The average Bonchev–Trinajstić information content (AvgIpc) is 2.14. The minimum absolute atomic E-state index is 0.163. The SMILES string of the molecule is Cn1c(=S)[nH]nc(C(C)(C)CF)c1=O. The number of rotatable bonds is 2. The summed E-state index contributed by atoms with van der Waals surface area (Å²) in [4.78, 5) is 11.6. The van der Waals surface area contributed by atoms with Crippen LogP contribution < -0.4 is 5.56 Å². The molecule has 0 bridgehead atoms. The number of aromatic amines is 1.